The van der Waals surface area contributed by atoms with Crippen LogP contribution in [0, 0.1) is 5.82 Å². The maximum Gasteiger partial charge on any atom is 0.335 e. The molecule has 0 heterocycles. The lowest BCUT2D eigenvalue weighted by Gasteiger charge is -2.09. The Kier molecular flexibility index (Phi) is 3.16. The first-order valence-corrected chi connectivity index (χ1v) is 3.92. The normalized spacial score (nSPS) is 10.6. The molecule has 0 spiro atoms. The second kappa shape index (κ2) is 4.17. The first-order chi connectivity index (χ1) is 6.50. The molecule has 1 rings (SSSR count). The van der Waals surface area contributed by atoms with Gasteiger partial charge in [0.25, 0.3) is 0 Å². The second-order valence-electron chi connectivity index (χ2n) is 2.93. The third-order valence-electron chi connectivity index (χ3n) is 1.69. The summed E-state index contributed by atoms with van der Waals surface area (Å²) in [5, 5.41) is 18.3. The molecule has 0 fully saturated rings. The van der Waals surface area contributed by atoms with Gasteiger partial charge in [-0.2, -0.15) is 5.06 Å². The molecule has 76 valence electrons. The van der Waals surface area contributed by atoms with Gasteiger partial charge in [-0.25, -0.2) is 9.18 Å². The molecule has 0 radical (unpaired) electrons. The van der Waals surface area contributed by atoms with Gasteiger partial charge in [0.15, 0.2) is 0 Å². The van der Waals surface area contributed by atoms with Gasteiger partial charge in [-0.05, 0) is 18.2 Å². The number of hydrogen-bond donors (Lipinski definition) is 2. The molecule has 0 aliphatic carbocycles. The Morgan fingerprint density at radius 3 is 2.71 bits per heavy atom. The van der Waals surface area contributed by atoms with E-state index in [2.05, 4.69) is 0 Å². The zero-order valence-electron chi connectivity index (χ0n) is 7.57. The van der Waals surface area contributed by atoms with E-state index in [1.165, 1.54) is 19.2 Å². The predicted octanol–water partition coefficient (Wildman–Crippen LogP) is 1.34. The van der Waals surface area contributed by atoms with E-state index < -0.39 is 11.8 Å². The molecule has 0 bridgehead atoms. The number of carbonyl (C=O) groups is 1. The van der Waals surface area contributed by atoms with Gasteiger partial charge in [-0.15, -0.1) is 0 Å². The van der Waals surface area contributed by atoms with E-state index in [0.29, 0.717) is 0 Å². The molecule has 0 aliphatic heterocycles. The number of aromatic carboxylic acids is 1. The van der Waals surface area contributed by atoms with Crippen LogP contribution < -0.4 is 0 Å². The smallest absolute Gasteiger partial charge is 0.335 e. The summed E-state index contributed by atoms with van der Waals surface area (Å²) in [7, 11) is 1.35. The lowest BCUT2D eigenvalue weighted by atomic mass is 10.1. The van der Waals surface area contributed by atoms with Crippen LogP contribution in [-0.2, 0) is 6.54 Å². The van der Waals surface area contributed by atoms with Crippen molar-refractivity contribution in [3.63, 3.8) is 0 Å². The van der Waals surface area contributed by atoms with Crippen molar-refractivity contribution in [1.82, 2.24) is 5.06 Å². The van der Waals surface area contributed by atoms with Crippen molar-refractivity contribution >= 4 is 5.97 Å². The van der Waals surface area contributed by atoms with Crippen LogP contribution in [0.2, 0.25) is 0 Å². The van der Waals surface area contributed by atoms with Crippen molar-refractivity contribution in [1.29, 1.82) is 0 Å². The molecule has 2 N–H and O–H groups in total. The monoisotopic (exact) mass is 199 g/mol. The van der Waals surface area contributed by atoms with Gasteiger partial charge in [0.2, 0.25) is 0 Å². The quantitative estimate of drug-likeness (QED) is 0.721. The summed E-state index contributed by atoms with van der Waals surface area (Å²) in [6, 6.07) is 3.45. The van der Waals surface area contributed by atoms with Gasteiger partial charge in [0.1, 0.15) is 5.82 Å². The van der Waals surface area contributed by atoms with Crippen LogP contribution in [0.3, 0.4) is 0 Å². The van der Waals surface area contributed by atoms with E-state index in [-0.39, 0.29) is 17.7 Å². The average molecular weight is 199 g/mol. The lowest BCUT2D eigenvalue weighted by Crippen LogP contribution is -2.13. The Bertz CT molecular complexity index is 352. The van der Waals surface area contributed by atoms with Crippen LogP contribution in [0.4, 0.5) is 4.39 Å². The maximum absolute atomic E-state index is 13.1. The molecular formula is C9H10FNO3. The highest BCUT2D eigenvalue weighted by atomic mass is 19.1. The number of hydrogen-bond acceptors (Lipinski definition) is 3. The fraction of sp³-hybridized carbons (Fsp3) is 0.222. The Morgan fingerprint density at radius 1 is 1.57 bits per heavy atom. The van der Waals surface area contributed by atoms with Crippen molar-refractivity contribution in [2.24, 2.45) is 0 Å². The Morgan fingerprint density at radius 2 is 2.21 bits per heavy atom. The highest BCUT2D eigenvalue weighted by Gasteiger charge is 2.09. The standard InChI is InChI=1S/C9H10FNO3/c1-11(14)5-7-4-6(9(12)13)2-3-8(7)10/h2-4,14H,5H2,1H3,(H,12,13). The topological polar surface area (TPSA) is 60.8 Å². The molecule has 4 nitrogen and oxygen atoms in total. The van der Waals surface area contributed by atoms with Crippen LogP contribution in [0.5, 0.6) is 0 Å². The molecule has 0 atom stereocenters. The predicted molar refractivity (Wildman–Crippen MR) is 46.6 cm³/mol. The van der Waals surface area contributed by atoms with Gasteiger partial charge in [0, 0.05) is 12.6 Å². The van der Waals surface area contributed by atoms with Crippen LogP contribution in [0.25, 0.3) is 0 Å². The molecular weight excluding hydrogens is 189 g/mol. The van der Waals surface area contributed by atoms with Crippen LogP contribution >= 0.6 is 0 Å². The average Bonchev–Trinajstić information content (AvgIpc) is 2.07. The van der Waals surface area contributed by atoms with Gasteiger partial charge >= 0.3 is 5.97 Å². The second-order valence-corrected chi connectivity index (χ2v) is 2.93. The fourth-order valence-electron chi connectivity index (χ4n) is 1.08. The Labute approximate surface area is 80.2 Å². The molecule has 0 unspecified atom stereocenters. The minimum absolute atomic E-state index is 0.00301. The first-order valence-electron chi connectivity index (χ1n) is 3.92. The highest BCUT2D eigenvalue weighted by molar-refractivity contribution is 5.87. The molecule has 0 saturated carbocycles. The zero-order chi connectivity index (χ0) is 10.7. The number of nitrogens with zero attached hydrogens (tertiary/aromatic N) is 1. The van der Waals surface area contributed by atoms with E-state index >= 15 is 0 Å². The third-order valence-corrected chi connectivity index (χ3v) is 1.69. The fourth-order valence-corrected chi connectivity index (χ4v) is 1.08. The number of halogens is 1. The number of carboxylic acid groups (broad SMARTS) is 1. The summed E-state index contributed by atoms with van der Waals surface area (Å²) in [6.07, 6.45) is 0. The van der Waals surface area contributed by atoms with Gasteiger partial charge in [-0.1, -0.05) is 0 Å². The van der Waals surface area contributed by atoms with E-state index in [1.807, 2.05) is 0 Å². The largest absolute Gasteiger partial charge is 0.478 e. The summed E-state index contributed by atoms with van der Waals surface area (Å²) in [4.78, 5) is 10.6. The van der Waals surface area contributed by atoms with Crippen LogP contribution in [0.1, 0.15) is 15.9 Å². The molecule has 0 aliphatic rings. The number of rotatable bonds is 3. The molecule has 0 aromatic heterocycles. The summed E-state index contributed by atoms with van der Waals surface area (Å²) in [5.74, 6) is -1.65. The molecule has 1 aromatic carbocycles. The van der Waals surface area contributed by atoms with Crippen molar-refractivity contribution in [2.45, 2.75) is 6.54 Å². The van der Waals surface area contributed by atoms with E-state index in [1.54, 1.807) is 0 Å². The third kappa shape index (κ3) is 2.51. The van der Waals surface area contributed by atoms with Crippen molar-refractivity contribution in [3.05, 3.63) is 35.1 Å². The summed E-state index contributed by atoms with van der Waals surface area (Å²) >= 11 is 0. The number of carboxylic acids is 1. The SMILES string of the molecule is CN(O)Cc1cc(C(=O)O)ccc1F. The molecule has 1 aromatic rings. The summed E-state index contributed by atoms with van der Waals surface area (Å²) in [5.41, 5.74) is 0.151. The van der Waals surface area contributed by atoms with Gasteiger partial charge in [-0.3, -0.25) is 0 Å². The van der Waals surface area contributed by atoms with Crippen LogP contribution in [0.15, 0.2) is 18.2 Å². The first kappa shape index (κ1) is 10.6. The number of hydroxylamine groups is 2. The van der Waals surface area contributed by atoms with Crippen LogP contribution in [-0.4, -0.2) is 28.4 Å². The zero-order valence-corrected chi connectivity index (χ0v) is 7.57. The minimum Gasteiger partial charge on any atom is -0.478 e. The molecule has 0 saturated heterocycles. The maximum atomic E-state index is 13.1. The highest BCUT2D eigenvalue weighted by Crippen LogP contribution is 2.12. The van der Waals surface area contributed by atoms with Crippen molar-refractivity contribution in [3.8, 4) is 0 Å². The minimum atomic E-state index is -1.12. The van der Waals surface area contributed by atoms with E-state index in [4.69, 9.17) is 10.3 Å². The summed E-state index contributed by atoms with van der Waals surface area (Å²) < 4.78 is 13.1. The molecule has 5 heteroatoms. The van der Waals surface area contributed by atoms with Gasteiger partial charge < -0.3 is 10.3 Å². The Balaban J connectivity index is 3.02. The summed E-state index contributed by atoms with van der Waals surface area (Å²) in [6.45, 7) is -0.0487. The molecule has 14 heavy (non-hydrogen) atoms. The van der Waals surface area contributed by atoms with E-state index in [0.717, 1.165) is 11.1 Å². The van der Waals surface area contributed by atoms with Crippen molar-refractivity contribution < 1.29 is 19.5 Å². The van der Waals surface area contributed by atoms with E-state index in [9.17, 15) is 9.18 Å². The van der Waals surface area contributed by atoms with Gasteiger partial charge in [0.05, 0.1) is 12.1 Å². The van der Waals surface area contributed by atoms with Crippen molar-refractivity contribution in [2.75, 3.05) is 7.05 Å². The lowest BCUT2D eigenvalue weighted by molar-refractivity contribution is -0.0738. The molecule has 0 amide bonds. The Hall–Kier alpha value is -1.46. The number of benzene rings is 1.